The zero-order valence-corrected chi connectivity index (χ0v) is 11.0. The first-order valence-electron chi connectivity index (χ1n) is 7.10. The van der Waals surface area contributed by atoms with Gasteiger partial charge in [0.1, 0.15) is 0 Å². The van der Waals surface area contributed by atoms with Gasteiger partial charge in [-0.05, 0) is 49.4 Å². The summed E-state index contributed by atoms with van der Waals surface area (Å²) in [7, 11) is 0. The second-order valence-corrected chi connectivity index (χ2v) is 5.82. The van der Waals surface area contributed by atoms with Gasteiger partial charge in [-0.3, -0.25) is 4.79 Å². The first kappa shape index (κ1) is 11.9. The van der Waals surface area contributed by atoms with Crippen LogP contribution in [0.3, 0.4) is 0 Å². The highest BCUT2D eigenvalue weighted by atomic mass is 16.1. The maximum Gasteiger partial charge on any atom is 0.166 e. The van der Waals surface area contributed by atoms with Crippen molar-refractivity contribution in [2.24, 2.45) is 11.8 Å². The van der Waals surface area contributed by atoms with Crippen molar-refractivity contribution in [2.75, 3.05) is 13.1 Å². The van der Waals surface area contributed by atoms with E-state index in [1.165, 1.54) is 24.8 Å². The van der Waals surface area contributed by atoms with E-state index in [2.05, 4.69) is 24.4 Å². The summed E-state index contributed by atoms with van der Waals surface area (Å²) in [5, 5.41) is 3.24. The lowest BCUT2D eigenvalue weighted by Crippen LogP contribution is -2.47. The molecule has 0 radical (unpaired) electrons. The third kappa shape index (κ3) is 2.10. The predicted molar refractivity (Wildman–Crippen MR) is 72.9 cm³/mol. The second kappa shape index (κ2) is 4.85. The summed E-state index contributed by atoms with van der Waals surface area (Å²) in [6.07, 6.45) is 3.92. The molecule has 1 saturated heterocycles. The average molecular weight is 243 g/mol. The molecule has 0 bridgehead atoms. The molecule has 1 aromatic rings. The summed E-state index contributed by atoms with van der Waals surface area (Å²) in [4.78, 5) is 12.4. The summed E-state index contributed by atoms with van der Waals surface area (Å²) in [5.41, 5.74) is 2.28. The molecule has 1 unspecified atom stereocenters. The number of ketones is 1. The molecule has 1 saturated carbocycles. The normalized spacial score (nSPS) is 22.1. The van der Waals surface area contributed by atoms with Crippen LogP contribution in [0.2, 0.25) is 0 Å². The minimum absolute atomic E-state index is 0.155. The van der Waals surface area contributed by atoms with Crippen LogP contribution < -0.4 is 5.32 Å². The highest BCUT2D eigenvalue weighted by Gasteiger charge is 2.29. The molecule has 2 fully saturated rings. The van der Waals surface area contributed by atoms with Crippen LogP contribution in [-0.2, 0) is 0 Å². The van der Waals surface area contributed by atoms with Gasteiger partial charge >= 0.3 is 0 Å². The van der Waals surface area contributed by atoms with Crippen LogP contribution in [0.25, 0.3) is 0 Å². The van der Waals surface area contributed by atoms with Crippen molar-refractivity contribution in [1.82, 2.24) is 5.32 Å². The highest BCUT2D eigenvalue weighted by molar-refractivity contribution is 5.98. The summed E-state index contributed by atoms with van der Waals surface area (Å²) in [6, 6.07) is 8.34. The van der Waals surface area contributed by atoms with Gasteiger partial charge in [0.25, 0.3) is 0 Å². The summed E-state index contributed by atoms with van der Waals surface area (Å²) in [5.74, 6) is 1.72. The Labute approximate surface area is 109 Å². The topological polar surface area (TPSA) is 29.1 Å². The van der Waals surface area contributed by atoms with Crippen LogP contribution in [-0.4, -0.2) is 18.9 Å². The van der Waals surface area contributed by atoms with E-state index >= 15 is 0 Å². The number of carbonyl (C=O) groups excluding carboxylic acids is 1. The number of nitrogens with one attached hydrogen (secondary N) is 1. The van der Waals surface area contributed by atoms with E-state index in [0.29, 0.717) is 17.6 Å². The van der Waals surface area contributed by atoms with Gasteiger partial charge in [-0.15, -0.1) is 0 Å². The predicted octanol–water partition coefficient (Wildman–Crippen LogP) is 2.99. The Bertz CT molecular complexity index is 446. The van der Waals surface area contributed by atoms with Crippen molar-refractivity contribution in [2.45, 2.75) is 32.1 Å². The van der Waals surface area contributed by atoms with Gasteiger partial charge in [-0.2, -0.15) is 0 Å². The standard InChI is InChI=1S/C16H21NO/c1-11(15-9-17-10-15)16(18)14-7-3-6-13(8-14)12-4-2-5-12/h3,6-8,11-12,15,17H,2,4-5,9-10H2,1H3. The van der Waals surface area contributed by atoms with Gasteiger partial charge in [0, 0.05) is 11.5 Å². The maximum atomic E-state index is 12.4. The Morgan fingerprint density at radius 3 is 2.67 bits per heavy atom. The molecule has 3 rings (SSSR count). The third-order valence-corrected chi connectivity index (χ3v) is 4.68. The van der Waals surface area contributed by atoms with Crippen LogP contribution in [0.5, 0.6) is 0 Å². The molecule has 0 spiro atoms. The molecular formula is C16H21NO. The fourth-order valence-electron chi connectivity index (χ4n) is 2.83. The van der Waals surface area contributed by atoms with Crippen molar-refractivity contribution in [1.29, 1.82) is 0 Å². The number of Topliss-reactive ketones (excluding diaryl/α,β-unsaturated/α-hetero) is 1. The van der Waals surface area contributed by atoms with E-state index in [1.807, 2.05) is 12.1 Å². The molecule has 0 aromatic heterocycles. The number of hydrogen-bond acceptors (Lipinski definition) is 2. The minimum atomic E-state index is 0.155. The number of rotatable bonds is 4. The largest absolute Gasteiger partial charge is 0.316 e. The molecule has 0 amide bonds. The molecule has 1 aliphatic carbocycles. The maximum absolute atomic E-state index is 12.4. The third-order valence-electron chi connectivity index (χ3n) is 4.68. The van der Waals surface area contributed by atoms with Crippen LogP contribution in [0.15, 0.2) is 24.3 Å². The van der Waals surface area contributed by atoms with Gasteiger partial charge in [0.2, 0.25) is 0 Å². The van der Waals surface area contributed by atoms with Crippen LogP contribution in [0.4, 0.5) is 0 Å². The van der Waals surface area contributed by atoms with Crippen LogP contribution in [0, 0.1) is 11.8 Å². The first-order chi connectivity index (χ1) is 8.75. The lowest BCUT2D eigenvalue weighted by atomic mass is 9.78. The molecular weight excluding hydrogens is 222 g/mol. The fourth-order valence-corrected chi connectivity index (χ4v) is 2.83. The van der Waals surface area contributed by atoms with Gasteiger partial charge in [0.15, 0.2) is 5.78 Å². The van der Waals surface area contributed by atoms with E-state index in [9.17, 15) is 4.79 Å². The molecule has 18 heavy (non-hydrogen) atoms. The van der Waals surface area contributed by atoms with Crippen molar-refractivity contribution < 1.29 is 4.79 Å². The van der Waals surface area contributed by atoms with Gasteiger partial charge in [-0.25, -0.2) is 0 Å². The van der Waals surface area contributed by atoms with Crippen molar-refractivity contribution in [3.8, 4) is 0 Å². The first-order valence-corrected chi connectivity index (χ1v) is 7.10. The summed E-state index contributed by atoms with van der Waals surface area (Å²) >= 11 is 0. The van der Waals surface area contributed by atoms with E-state index in [-0.39, 0.29) is 5.92 Å². The minimum Gasteiger partial charge on any atom is -0.316 e. The average Bonchev–Trinajstić information content (AvgIpc) is 2.23. The van der Waals surface area contributed by atoms with Gasteiger partial charge < -0.3 is 5.32 Å². The number of carbonyl (C=O) groups is 1. The lowest BCUT2D eigenvalue weighted by molar-refractivity contribution is 0.0854. The van der Waals surface area contributed by atoms with Crippen molar-refractivity contribution >= 4 is 5.78 Å². The Hall–Kier alpha value is -1.15. The van der Waals surface area contributed by atoms with Crippen LogP contribution in [0.1, 0.15) is 48.0 Å². The van der Waals surface area contributed by atoms with Crippen molar-refractivity contribution in [3.05, 3.63) is 35.4 Å². The molecule has 1 N–H and O–H groups in total. The monoisotopic (exact) mass is 243 g/mol. The van der Waals surface area contributed by atoms with E-state index in [1.54, 1.807) is 0 Å². The van der Waals surface area contributed by atoms with E-state index in [4.69, 9.17) is 0 Å². The van der Waals surface area contributed by atoms with Crippen molar-refractivity contribution in [3.63, 3.8) is 0 Å². The van der Waals surface area contributed by atoms with E-state index < -0.39 is 0 Å². The number of benzene rings is 1. The molecule has 96 valence electrons. The molecule has 1 atom stereocenters. The fraction of sp³-hybridized carbons (Fsp3) is 0.562. The molecule has 2 nitrogen and oxygen atoms in total. The smallest absolute Gasteiger partial charge is 0.166 e. The number of hydrogen-bond donors (Lipinski definition) is 1. The molecule has 2 aliphatic rings. The zero-order valence-electron chi connectivity index (χ0n) is 11.0. The lowest BCUT2D eigenvalue weighted by Gasteiger charge is -2.32. The van der Waals surface area contributed by atoms with Crippen LogP contribution >= 0.6 is 0 Å². The Balaban J connectivity index is 1.75. The summed E-state index contributed by atoms with van der Waals surface area (Å²) in [6.45, 7) is 4.06. The Morgan fingerprint density at radius 2 is 2.11 bits per heavy atom. The molecule has 1 aliphatic heterocycles. The van der Waals surface area contributed by atoms with Gasteiger partial charge in [-0.1, -0.05) is 31.5 Å². The zero-order chi connectivity index (χ0) is 12.5. The second-order valence-electron chi connectivity index (χ2n) is 5.82. The molecule has 2 heteroatoms. The Kier molecular flexibility index (Phi) is 3.21. The molecule has 1 aromatic carbocycles. The SMILES string of the molecule is CC(C(=O)c1cccc(C2CCC2)c1)C1CNC1. The Morgan fingerprint density at radius 1 is 1.33 bits per heavy atom. The van der Waals surface area contributed by atoms with Gasteiger partial charge in [0.05, 0.1) is 0 Å². The van der Waals surface area contributed by atoms with E-state index in [0.717, 1.165) is 18.7 Å². The quantitative estimate of drug-likeness (QED) is 0.824. The highest BCUT2D eigenvalue weighted by Crippen LogP contribution is 2.36. The molecule has 1 heterocycles. The summed E-state index contributed by atoms with van der Waals surface area (Å²) < 4.78 is 0.